The predicted octanol–water partition coefficient (Wildman–Crippen LogP) is 3.79. The van der Waals surface area contributed by atoms with Gasteiger partial charge < -0.3 is 5.73 Å². The molecular formula is C15H26N2S. The van der Waals surface area contributed by atoms with Crippen LogP contribution in [0, 0.1) is 0 Å². The molecule has 3 heteroatoms. The van der Waals surface area contributed by atoms with Crippen LogP contribution in [0.5, 0.6) is 0 Å². The van der Waals surface area contributed by atoms with Gasteiger partial charge in [0.2, 0.25) is 0 Å². The smallest absolute Gasteiger partial charge is 0.0507 e. The van der Waals surface area contributed by atoms with E-state index in [4.69, 9.17) is 5.73 Å². The molecule has 1 saturated carbocycles. The summed E-state index contributed by atoms with van der Waals surface area (Å²) in [5, 5.41) is 4.43. The van der Waals surface area contributed by atoms with E-state index in [1.54, 1.807) is 11.3 Å². The highest BCUT2D eigenvalue weighted by molar-refractivity contribution is 7.07. The van der Waals surface area contributed by atoms with Crippen molar-refractivity contribution in [2.75, 3.05) is 7.05 Å². The lowest BCUT2D eigenvalue weighted by Gasteiger charge is -2.39. The fourth-order valence-corrected chi connectivity index (χ4v) is 3.86. The van der Waals surface area contributed by atoms with E-state index in [9.17, 15) is 0 Å². The number of rotatable bonds is 5. The fraction of sp³-hybridized carbons (Fsp3) is 0.733. The van der Waals surface area contributed by atoms with E-state index in [1.807, 2.05) is 0 Å². The van der Waals surface area contributed by atoms with Crippen molar-refractivity contribution >= 4 is 11.3 Å². The summed E-state index contributed by atoms with van der Waals surface area (Å²) in [5.41, 5.74) is 7.78. The molecule has 1 aliphatic carbocycles. The first-order valence-corrected chi connectivity index (χ1v) is 8.18. The highest BCUT2D eigenvalue weighted by atomic mass is 32.1. The van der Waals surface area contributed by atoms with Crippen molar-refractivity contribution in [1.82, 2.24) is 4.90 Å². The first-order chi connectivity index (χ1) is 8.74. The van der Waals surface area contributed by atoms with Crippen LogP contribution in [0.3, 0.4) is 0 Å². The van der Waals surface area contributed by atoms with Crippen molar-refractivity contribution in [1.29, 1.82) is 0 Å². The summed E-state index contributed by atoms with van der Waals surface area (Å²) in [6.45, 7) is 2.19. The van der Waals surface area contributed by atoms with Crippen molar-refractivity contribution < 1.29 is 0 Å². The minimum Gasteiger partial charge on any atom is -0.326 e. The third kappa shape index (κ3) is 3.14. The molecule has 0 aliphatic heterocycles. The van der Waals surface area contributed by atoms with E-state index in [2.05, 4.69) is 35.7 Å². The molecule has 2 N–H and O–H groups in total. The van der Waals surface area contributed by atoms with Crippen LogP contribution in [0.15, 0.2) is 16.8 Å². The zero-order chi connectivity index (χ0) is 13.0. The molecular weight excluding hydrogens is 240 g/mol. The molecule has 2 rings (SSSR count). The first-order valence-electron chi connectivity index (χ1n) is 7.23. The molecule has 0 saturated heterocycles. The molecule has 0 radical (unpaired) electrons. The van der Waals surface area contributed by atoms with E-state index in [1.165, 1.54) is 37.7 Å². The molecule has 0 aromatic carbocycles. The average Bonchev–Trinajstić information content (AvgIpc) is 2.93. The lowest BCUT2D eigenvalue weighted by molar-refractivity contribution is 0.119. The molecule has 0 spiro atoms. The van der Waals surface area contributed by atoms with E-state index < -0.39 is 0 Å². The van der Waals surface area contributed by atoms with Crippen LogP contribution in [0.25, 0.3) is 0 Å². The fourth-order valence-electron chi connectivity index (χ4n) is 3.17. The molecule has 18 heavy (non-hydrogen) atoms. The third-order valence-electron chi connectivity index (χ3n) is 4.35. The second kappa shape index (κ2) is 6.69. The predicted molar refractivity (Wildman–Crippen MR) is 80.0 cm³/mol. The SMILES string of the molecule is CCC(N)C(c1ccsc1)N(C)C1CCCCC1. The lowest BCUT2D eigenvalue weighted by atomic mass is 9.90. The highest BCUT2D eigenvalue weighted by Crippen LogP contribution is 2.32. The third-order valence-corrected chi connectivity index (χ3v) is 5.05. The van der Waals surface area contributed by atoms with Crippen molar-refractivity contribution in [2.45, 2.75) is 63.6 Å². The Morgan fingerprint density at radius 2 is 2.11 bits per heavy atom. The molecule has 1 heterocycles. The Kier molecular flexibility index (Phi) is 5.22. The van der Waals surface area contributed by atoms with E-state index in [0.29, 0.717) is 6.04 Å². The van der Waals surface area contributed by atoms with Gasteiger partial charge in [0.1, 0.15) is 0 Å². The van der Waals surface area contributed by atoms with Gasteiger partial charge in [-0.25, -0.2) is 0 Å². The average molecular weight is 266 g/mol. The Morgan fingerprint density at radius 1 is 1.39 bits per heavy atom. The quantitative estimate of drug-likeness (QED) is 0.878. The van der Waals surface area contributed by atoms with Gasteiger partial charge in [0.25, 0.3) is 0 Å². The molecule has 2 unspecified atom stereocenters. The number of hydrogen-bond donors (Lipinski definition) is 1. The molecule has 0 bridgehead atoms. The molecule has 1 aliphatic rings. The standard InChI is InChI=1S/C15H26N2S/c1-3-14(16)15(12-9-10-18-11-12)17(2)13-7-5-4-6-8-13/h9-11,13-15H,3-8,16H2,1-2H3. The Balaban J connectivity index is 2.12. The van der Waals surface area contributed by atoms with Crippen LogP contribution in [0.2, 0.25) is 0 Å². The largest absolute Gasteiger partial charge is 0.326 e. The maximum atomic E-state index is 6.38. The summed E-state index contributed by atoms with van der Waals surface area (Å²) < 4.78 is 0. The van der Waals surface area contributed by atoms with Crippen molar-refractivity contribution in [3.63, 3.8) is 0 Å². The zero-order valence-corrected chi connectivity index (χ0v) is 12.5. The summed E-state index contributed by atoms with van der Waals surface area (Å²) in [6, 6.07) is 3.60. The van der Waals surface area contributed by atoms with Crippen LogP contribution in [0.4, 0.5) is 0 Å². The molecule has 2 atom stereocenters. The van der Waals surface area contributed by atoms with Gasteiger partial charge in [0.15, 0.2) is 0 Å². The summed E-state index contributed by atoms with van der Waals surface area (Å²) in [5.74, 6) is 0. The van der Waals surface area contributed by atoms with Crippen LogP contribution < -0.4 is 5.73 Å². The van der Waals surface area contributed by atoms with Gasteiger partial charge in [-0.2, -0.15) is 11.3 Å². The highest BCUT2D eigenvalue weighted by Gasteiger charge is 2.29. The number of likely N-dealkylation sites (N-methyl/N-ethyl adjacent to an activating group) is 1. The summed E-state index contributed by atoms with van der Waals surface area (Å²) >= 11 is 1.78. The minimum absolute atomic E-state index is 0.242. The Morgan fingerprint density at radius 3 is 2.67 bits per heavy atom. The molecule has 2 nitrogen and oxygen atoms in total. The van der Waals surface area contributed by atoms with Gasteiger partial charge >= 0.3 is 0 Å². The number of nitrogens with zero attached hydrogens (tertiary/aromatic N) is 1. The van der Waals surface area contributed by atoms with Crippen LogP contribution in [-0.4, -0.2) is 24.0 Å². The monoisotopic (exact) mass is 266 g/mol. The van der Waals surface area contributed by atoms with E-state index >= 15 is 0 Å². The van der Waals surface area contributed by atoms with E-state index in [0.717, 1.165) is 12.5 Å². The number of thiophene rings is 1. The van der Waals surface area contributed by atoms with Gasteiger partial charge in [0, 0.05) is 12.1 Å². The molecule has 102 valence electrons. The summed E-state index contributed by atoms with van der Waals surface area (Å²) in [4.78, 5) is 2.55. The van der Waals surface area contributed by atoms with Gasteiger partial charge in [-0.15, -0.1) is 0 Å². The van der Waals surface area contributed by atoms with Gasteiger partial charge in [-0.3, -0.25) is 4.90 Å². The molecule has 1 aromatic rings. The Labute approximate surface area is 115 Å². The number of hydrogen-bond acceptors (Lipinski definition) is 3. The molecule has 0 amide bonds. The maximum absolute atomic E-state index is 6.38. The van der Waals surface area contributed by atoms with Crippen molar-refractivity contribution in [3.8, 4) is 0 Å². The van der Waals surface area contributed by atoms with E-state index in [-0.39, 0.29) is 6.04 Å². The van der Waals surface area contributed by atoms with Gasteiger partial charge in [0.05, 0.1) is 6.04 Å². The number of nitrogens with two attached hydrogens (primary N) is 1. The van der Waals surface area contributed by atoms with Crippen LogP contribution in [0.1, 0.15) is 57.1 Å². The second-order valence-electron chi connectivity index (χ2n) is 5.53. The minimum atomic E-state index is 0.242. The van der Waals surface area contributed by atoms with Crippen LogP contribution >= 0.6 is 11.3 Å². The maximum Gasteiger partial charge on any atom is 0.0507 e. The topological polar surface area (TPSA) is 29.3 Å². The second-order valence-corrected chi connectivity index (χ2v) is 6.31. The normalized spacial score (nSPS) is 21.1. The van der Waals surface area contributed by atoms with Crippen LogP contribution in [-0.2, 0) is 0 Å². The summed E-state index contributed by atoms with van der Waals surface area (Å²) in [6.07, 6.45) is 7.89. The van der Waals surface area contributed by atoms with Gasteiger partial charge in [-0.1, -0.05) is 26.2 Å². The Bertz CT molecular complexity index is 330. The zero-order valence-electron chi connectivity index (χ0n) is 11.6. The van der Waals surface area contributed by atoms with Crippen molar-refractivity contribution in [3.05, 3.63) is 22.4 Å². The molecule has 1 aromatic heterocycles. The molecule has 1 fully saturated rings. The Hall–Kier alpha value is -0.380. The summed E-state index contributed by atoms with van der Waals surface area (Å²) in [7, 11) is 2.27. The van der Waals surface area contributed by atoms with Crippen molar-refractivity contribution in [2.24, 2.45) is 5.73 Å². The first kappa shape index (κ1) is 14.0. The lowest BCUT2D eigenvalue weighted by Crippen LogP contribution is -2.44. The van der Waals surface area contributed by atoms with Gasteiger partial charge in [-0.05, 0) is 48.7 Å².